The maximum atomic E-state index is 5.98. The Morgan fingerprint density at radius 3 is 2.59 bits per heavy atom. The Hall–Kier alpha value is -2.63. The van der Waals surface area contributed by atoms with Crippen molar-refractivity contribution in [1.82, 2.24) is 14.9 Å². The molecule has 0 saturated heterocycles. The lowest BCUT2D eigenvalue weighted by molar-refractivity contribution is 0.239. The molecule has 0 spiro atoms. The van der Waals surface area contributed by atoms with Crippen LogP contribution in [0, 0.1) is 6.92 Å². The number of rotatable bonds is 5. The molecule has 0 amide bonds. The number of nitrogens with zero attached hydrogens (tertiary/aromatic N) is 3. The van der Waals surface area contributed by atoms with Gasteiger partial charge < -0.3 is 9.47 Å². The van der Waals surface area contributed by atoms with Gasteiger partial charge in [-0.2, -0.15) is 0 Å². The second-order valence-electron chi connectivity index (χ2n) is 7.22. The van der Waals surface area contributed by atoms with Crippen molar-refractivity contribution in [3.63, 3.8) is 0 Å². The van der Waals surface area contributed by atoms with Crippen molar-refractivity contribution in [2.45, 2.75) is 26.4 Å². The molecule has 0 bridgehead atoms. The second-order valence-corrected chi connectivity index (χ2v) is 7.65. The molecule has 0 atom stereocenters. The fraction of sp³-hybridized carbons (Fsp3) is 0.304. The van der Waals surface area contributed by atoms with Gasteiger partial charge in [0, 0.05) is 59.5 Å². The van der Waals surface area contributed by atoms with E-state index >= 15 is 0 Å². The number of halogens is 1. The summed E-state index contributed by atoms with van der Waals surface area (Å²) in [5.74, 6) is 2.49. The lowest BCUT2D eigenvalue weighted by atomic mass is 10.0. The normalized spacial score (nSPS) is 13.8. The Labute approximate surface area is 176 Å². The van der Waals surface area contributed by atoms with Crippen molar-refractivity contribution in [2.24, 2.45) is 0 Å². The molecule has 1 aliphatic rings. The van der Waals surface area contributed by atoms with Crippen LogP contribution in [-0.4, -0.2) is 35.6 Å². The summed E-state index contributed by atoms with van der Waals surface area (Å²) in [5, 5.41) is 0.714. The summed E-state index contributed by atoms with van der Waals surface area (Å²) in [6, 6.07) is 11.7. The lowest BCUT2D eigenvalue weighted by Gasteiger charge is -2.29. The number of hydrogen-bond donors (Lipinski definition) is 0. The summed E-state index contributed by atoms with van der Waals surface area (Å²) in [5.41, 5.74) is 5.48. The maximum absolute atomic E-state index is 5.98. The van der Waals surface area contributed by atoms with Crippen molar-refractivity contribution >= 4 is 11.6 Å². The summed E-state index contributed by atoms with van der Waals surface area (Å²) in [6.07, 6.45) is 2.85. The van der Waals surface area contributed by atoms with E-state index in [9.17, 15) is 0 Å². The van der Waals surface area contributed by atoms with Crippen LogP contribution in [0.25, 0.3) is 11.4 Å². The molecule has 2 heterocycles. The van der Waals surface area contributed by atoms with Crippen LogP contribution >= 0.6 is 11.6 Å². The highest BCUT2D eigenvalue weighted by Crippen LogP contribution is 2.33. The van der Waals surface area contributed by atoms with Crippen LogP contribution in [0.1, 0.15) is 22.4 Å². The molecular weight excluding hydrogens is 386 g/mol. The summed E-state index contributed by atoms with van der Waals surface area (Å²) < 4.78 is 11.1. The van der Waals surface area contributed by atoms with Gasteiger partial charge in [-0.05, 0) is 37.3 Å². The summed E-state index contributed by atoms with van der Waals surface area (Å²) >= 11 is 5.98. The maximum Gasteiger partial charge on any atom is 0.159 e. The highest BCUT2D eigenvalue weighted by molar-refractivity contribution is 6.30. The fourth-order valence-electron chi connectivity index (χ4n) is 3.85. The molecule has 0 aliphatic carbocycles. The topological polar surface area (TPSA) is 47.5 Å². The SMILES string of the molecule is COc1ccc(CN2CCc3nc(-c4ccc(Cl)cc4)ncc3C2)c(OC)c1C. The average molecular weight is 410 g/mol. The van der Waals surface area contributed by atoms with Gasteiger partial charge in [-0.25, -0.2) is 9.97 Å². The second kappa shape index (κ2) is 8.39. The number of hydrogen-bond acceptors (Lipinski definition) is 5. The van der Waals surface area contributed by atoms with Crippen molar-refractivity contribution in [1.29, 1.82) is 0 Å². The first-order valence-electron chi connectivity index (χ1n) is 9.62. The molecule has 5 nitrogen and oxygen atoms in total. The Kier molecular flexibility index (Phi) is 5.69. The Bertz CT molecular complexity index is 1020. The quantitative estimate of drug-likeness (QED) is 0.612. The van der Waals surface area contributed by atoms with E-state index in [1.165, 1.54) is 5.56 Å². The number of benzene rings is 2. The average Bonchev–Trinajstić information content (AvgIpc) is 2.74. The molecule has 0 radical (unpaired) electrons. The largest absolute Gasteiger partial charge is 0.496 e. The molecule has 0 N–H and O–H groups in total. The molecule has 29 heavy (non-hydrogen) atoms. The molecule has 1 aliphatic heterocycles. The number of aromatic nitrogens is 2. The molecule has 150 valence electrons. The van der Waals surface area contributed by atoms with Crippen LogP contribution in [0.3, 0.4) is 0 Å². The van der Waals surface area contributed by atoms with Gasteiger partial charge in [-0.15, -0.1) is 0 Å². The van der Waals surface area contributed by atoms with Gasteiger partial charge in [0.1, 0.15) is 11.5 Å². The van der Waals surface area contributed by atoms with Crippen LogP contribution in [0.4, 0.5) is 0 Å². The third kappa shape index (κ3) is 4.07. The standard InChI is InChI=1S/C23H24ClN3O2/c1-15-21(28-2)9-6-17(22(15)29-3)13-27-11-10-20-18(14-27)12-25-23(26-20)16-4-7-19(24)8-5-16/h4-9,12H,10-11,13-14H2,1-3H3. The van der Waals surface area contributed by atoms with E-state index in [4.69, 9.17) is 26.1 Å². The van der Waals surface area contributed by atoms with Crippen molar-refractivity contribution in [3.8, 4) is 22.9 Å². The molecule has 6 heteroatoms. The van der Waals surface area contributed by atoms with Gasteiger partial charge in [0.2, 0.25) is 0 Å². The Morgan fingerprint density at radius 2 is 1.86 bits per heavy atom. The molecular formula is C23H24ClN3O2. The monoisotopic (exact) mass is 409 g/mol. The predicted octanol–water partition coefficient (Wildman–Crippen LogP) is 4.68. The van der Waals surface area contributed by atoms with Gasteiger partial charge in [0.15, 0.2) is 5.82 Å². The summed E-state index contributed by atoms with van der Waals surface area (Å²) in [4.78, 5) is 11.8. The Morgan fingerprint density at radius 1 is 1.07 bits per heavy atom. The third-order valence-electron chi connectivity index (χ3n) is 5.37. The smallest absolute Gasteiger partial charge is 0.159 e. The van der Waals surface area contributed by atoms with E-state index in [0.29, 0.717) is 5.02 Å². The molecule has 0 unspecified atom stereocenters. The van der Waals surface area contributed by atoms with Gasteiger partial charge in [0.05, 0.1) is 19.9 Å². The molecule has 0 fully saturated rings. The van der Waals surface area contributed by atoms with Gasteiger partial charge in [0.25, 0.3) is 0 Å². The minimum absolute atomic E-state index is 0.714. The molecule has 4 rings (SSSR count). The van der Waals surface area contributed by atoms with Crippen LogP contribution in [0.15, 0.2) is 42.6 Å². The summed E-state index contributed by atoms with van der Waals surface area (Å²) in [6.45, 7) is 4.61. The van der Waals surface area contributed by atoms with Gasteiger partial charge >= 0.3 is 0 Å². The number of methoxy groups -OCH3 is 2. The van der Waals surface area contributed by atoms with E-state index in [0.717, 1.165) is 65.8 Å². The van der Waals surface area contributed by atoms with E-state index < -0.39 is 0 Å². The zero-order chi connectivity index (χ0) is 20.4. The van der Waals surface area contributed by atoms with Crippen molar-refractivity contribution < 1.29 is 9.47 Å². The van der Waals surface area contributed by atoms with E-state index in [1.54, 1.807) is 14.2 Å². The molecule has 3 aromatic rings. The zero-order valence-corrected chi connectivity index (χ0v) is 17.7. The van der Waals surface area contributed by atoms with Crippen molar-refractivity contribution in [3.05, 3.63) is 70.0 Å². The van der Waals surface area contributed by atoms with Crippen molar-refractivity contribution in [2.75, 3.05) is 20.8 Å². The highest BCUT2D eigenvalue weighted by Gasteiger charge is 2.21. The minimum atomic E-state index is 0.714. The minimum Gasteiger partial charge on any atom is -0.496 e. The number of ether oxygens (including phenoxy) is 2. The lowest BCUT2D eigenvalue weighted by Crippen LogP contribution is -2.31. The van der Waals surface area contributed by atoms with Crippen LogP contribution in [0.5, 0.6) is 11.5 Å². The number of fused-ring (bicyclic) bond motifs is 1. The first-order valence-corrected chi connectivity index (χ1v) is 10.0. The van der Waals surface area contributed by atoms with E-state index in [-0.39, 0.29) is 0 Å². The van der Waals surface area contributed by atoms with E-state index in [2.05, 4.69) is 16.0 Å². The Balaban J connectivity index is 1.52. The molecule has 0 saturated carbocycles. The van der Waals surface area contributed by atoms with Crippen LogP contribution in [0.2, 0.25) is 5.02 Å². The van der Waals surface area contributed by atoms with Gasteiger partial charge in [-0.1, -0.05) is 17.7 Å². The molecule has 1 aromatic heterocycles. The fourth-order valence-corrected chi connectivity index (χ4v) is 3.97. The highest BCUT2D eigenvalue weighted by atomic mass is 35.5. The summed E-state index contributed by atoms with van der Waals surface area (Å²) in [7, 11) is 3.39. The molecule has 2 aromatic carbocycles. The third-order valence-corrected chi connectivity index (χ3v) is 5.62. The predicted molar refractivity (Wildman–Crippen MR) is 115 cm³/mol. The van der Waals surface area contributed by atoms with E-state index in [1.807, 2.05) is 43.5 Å². The van der Waals surface area contributed by atoms with Gasteiger partial charge in [-0.3, -0.25) is 4.90 Å². The van der Waals surface area contributed by atoms with Crippen LogP contribution < -0.4 is 9.47 Å². The first kappa shape index (κ1) is 19.7. The zero-order valence-electron chi connectivity index (χ0n) is 16.9. The first-order chi connectivity index (χ1) is 14.1. The van der Waals surface area contributed by atoms with Crippen LogP contribution in [-0.2, 0) is 19.5 Å².